The first kappa shape index (κ1) is 14.6. The second kappa shape index (κ2) is 7.10. The first-order chi connectivity index (χ1) is 8.56. The van der Waals surface area contributed by atoms with E-state index in [0.717, 1.165) is 12.8 Å². The van der Waals surface area contributed by atoms with Crippen LogP contribution in [0.25, 0.3) is 0 Å². The van der Waals surface area contributed by atoms with Gasteiger partial charge in [-0.15, -0.1) is 0 Å². The number of amides is 1. The number of carbonyl (C=O) groups excluding carboxylic acids is 1. The molecule has 0 bridgehead atoms. The Morgan fingerprint density at radius 3 is 2.78 bits per heavy atom. The highest BCUT2D eigenvalue weighted by Gasteiger charge is 2.30. The number of nitrogens with zero attached hydrogens (tertiary/aromatic N) is 1. The van der Waals surface area contributed by atoms with E-state index in [2.05, 4.69) is 10.3 Å². The maximum atomic E-state index is 11.9. The number of carbonyl (C=O) groups is 2. The lowest BCUT2D eigenvalue weighted by molar-refractivity contribution is -0.142. The molecule has 3 atom stereocenters. The van der Waals surface area contributed by atoms with Crippen molar-refractivity contribution in [3.8, 4) is 0 Å². The summed E-state index contributed by atoms with van der Waals surface area (Å²) in [5.74, 6) is -1.16. The van der Waals surface area contributed by atoms with Gasteiger partial charge in [0.15, 0.2) is 0 Å². The first-order valence-corrected chi connectivity index (χ1v) is 6.31. The Balaban J connectivity index is 2.47. The summed E-state index contributed by atoms with van der Waals surface area (Å²) in [6, 6.07) is -1.28. The van der Waals surface area contributed by atoms with Crippen molar-refractivity contribution in [1.29, 1.82) is 0 Å². The van der Waals surface area contributed by atoms with Crippen molar-refractivity contribution in [2.45, 2.75) is 44.7 Å². The lowest BCUT2D eigenvalue weighted by atomic mass is 10.0. The van der Waals surface area contributed by atoms with Crippen LogP contribution in [0, 0.1) is 5.92 Å². The molecule has 0 spiro atoms. The van der Waals surface area contributed by atoms with Crippen molar-refractivity contribution in [3.63, 3.8) is 0 Å². The van der Waals surface area contributed by atoms with Gasteiger partial charge in [-0.2, -0.15) is 0 Å². The van der Waals surface area contributed by atoms with Crippen molar-refractivity contribution in [3.05, 3.63) is 0 Å². The van der Waals surface area contributed by atoms with Crippen LogP contribution in [0.1, 0.15) is 32.6 Å². The van der Waals surface area contributed by atoms with Gasteiger partial charge in [-0.05, 0) is 38.1 Å². The summed E-state index contributed by atoms with van der Waals surface area (Å²) in [5.41, 5.74) is 5.36. The standard InChI is InChI=1S/C12H21N3O3/c1-8-5-7-14-10(8)11(16)15-9(12(17)18)4-2-3-6-13/h7-10H,2-6,13H2,1H3,(H,15,16)(H,17,18)/t8-,9+,10-/m1/s1. The molecule has 4 N–H and O–H groups in total. The zero-order chi connectivity index (χ0) is 13.5. The maximum absolute atomic E-state index is 11.9. The third kappa shape index (κ3) is 4.10. The molecular weight excluding hydrogens is 234 g/mol. The molecule has 1 aliphatic rings. The van der Waals surface area contributed by atoms with E-state index in [4.69, 9.17) is 10.8 Å². The van der Waals surface area contributed by atoms with Gasteiger partial charge in [0, 0.05) is 6.21 Å². The number of unbranched alkanes of at least 4 members (excludes halogenated alkanes) is 1. The largest absolute Gasteiger partial charge is 0.480 e. The second-order valence-electron chi connectivity index (χ2n) is 4.67. The smallest absolute Gasteiger partial charge is 0.326 e. The van der Waals surface area contributed by atoms with Crippen LogP contribution >= 0.6 is 0 Å². The molecule has 102 valence electrons. The van der Waals surface area contributed by atoms with Gasteiger partial charge in [0.1, 0.15) is 12.1 Å². The maximum Gasteiger partial charge on any atom is 0.326 e. The third-order valence-corrected chi connectivity index (χ3v) is 3.11. The van der Waals surface area contributed by atoms with E-state index < -0.39 is 18.1 Å². The van der Waals surface area contributed by atoms with Gasteiger partial charge in [-0.25, -0.2) is 4.79 Å². The molecule has 6 heteroatoms. The predicted molar refractivity (Wildman–Crippen MR) is 68.5 cm³/mol. The van der Waals surface area contributed by atoms with Crippen molar-refractivity contribution >= 4 is 18.1 Å². The number of aliphatic carboxylic acids is 1. The second-order valence-corrected chi connectivity index (χ2v) is 4.67. The fraction of sp³-hybridized carbons (Fsp3) is 0.750. The lowest BCUT2D eigenvalue weighted by Gasteiger charge is -2.18. The highest BCUT2D eigenvalue weighted by molar-refractivity contribution is 5.89. The molecule has 1 heterocycles. The van der Waals surface area contributed by atoms with Gasteiger partial charge in [-0.3, -0.25) is 9.79 Å². The molecule has 6 nitrogen and oxygen atoms in total. The van der Waals surface area contributed by atoms with Gasteiger partial charge in [0.2, 0.25) is 5.91 Å². The molecule has 1 amide bonds. The zero-order valence-electron chi connectivity index (χ0n) is 10.6. The number of hydrogen-bond donors (Lipinski definition) is 3. The first-order valence-electron chi connectivity index (χ1n) is 6.31. The molecular formula is C12H21N3O3. The molecule has 0 unspecified atom stereocenters. The monoisotopic (exact) mass is 255 g/mol. The highest BCUT2D eigenvalue weighted by Crippen LogP contribution is 2.17. The summed E-state index contributed by atoms with van der Waals surface area (Å²) in [7, 11) is 0. The Labute approximate surface area is 107 Å². The fourth-order valence-electron chi connectivity index (χ4n) is 1.95. The minimum Gasteiger partial charge on any atom is -0.480 e. The number of hydrogen-bond acceptors (Lipinski definition) is 4. The Kier molecular flexibility index (Phi) is 5.77. The van der Waals surface area contributed by atoms with Crippen molar-refractivity contribution < 1.29 is 14.7 Å². The summed E-state index contributed by atoms with van der Waals surface area (Å²) in [5, 5.41) is 11.6. The van der Waals surface area contributed by atoms with E-state index >= 15 is 0 Å². The number of carboxylic acid groups (broad SMARTS) is 1. The molecule has 0 aromatic heterocycles. The minimum atomic E-state index is -1.00. The number of rotatable bonds is 7. The number of nitrogens with two attached hydrogens (primary N) is 1. The van der Waals surface area contributed by atoms with Crippen molar-refractivity contribution in [1.82, 2.24) is 5.32 Å². The molecule has 0 radical (unpaired) electrons. The average Bonchev–Trinajstić information content (AvgIpc) is 2.74. The normalized spacial score (nSPS) is 23.9. The number of aliphatic imine (C=N–C) groups is 1. The van der Waals surface area contributed by atoms with Crippen LogP contribution in [0.2, 0.25) is 0 Å². The van der Waals surface area contributed by atoms with E-state index in [-0.39, 0.29) is 11.8 Å². The van der Waals surface area contributed by atoms with Gasteiger partial charge < -0.3 is 16.2 Å². The molecule has 0 saturated carbocycles. The summed E-state index contributed by atoms with van der Waals surface area (Å²) in [6.07, 6.45) is 4.35. The van der Waals surface area contributed by atoms with Crippen LogP contribution < -0.4 is 11.1 Å². The molecule has 0 saturated heterocycles. The van der Waals surface area contributed by atoms with Crippen LogP contribution in [0.4, 0.5) is 0 Å². The van der Waals surface area contributed by atoms with Crippen LogP contribution in [0.3, 0.4) is 0 Å². The highest BCUT2D eigenvalue weighted by atomic mass is 16.4. The molecule has 1 rings (SSSR count). The number of nitrogens with one attached hydrogen (secondary N) is 1. The van der Waals surface area contributed by atoms with Crippen LogP contribution in [0.5, 0.6) is 0 Å². The van der Waals surface area contributed by atoms with Crippen molar-refractivity contribution in [2.75, 3.05) is 6.54 Å². The summed E-state index contributed by atoms with van der Waals surface area (Å²) < 4.78 is 0. The van der Waals surface area contributed by atoms with E-state index in [1.807, 2.05) is 6.92 Å². The van der Waals surface area contributed by atoms with E-state index in [1.165, 1.54) is 0 Å². The molecule has 0 fully saturated rings. The fourth-order valence-corrected chi connectivity index (χ4v) is 1.95. The molecule has 0 aliphatic carbocycles. The minimum absolute atomic E-state index is 0.142. The lowest BCUT2D eigenvalue weighted by Crippen LogP contribution is -2.46. The Hall–Kier alpha value is -1.43. The Bertz CT molecular complexity index is 331. The van der Waals surface area contributed by atoms with Gasteiger partial charge in [0.25, 0.3) is 0 Å². The van der Waals surface area contributed by atoms with Gasteiger partial charge in [0.05, 0.1) is 0 Å². The average molecular weight is 255 g/mol. The molecule has 18 heavy (non-hydrogen) atoms. The third-order valence-electron chi connectivity index (χ3n) is 3.11. The van der Waals surface area contributed by atoms with Crippen LogP contribution in [0.15, 0.2) is 4.99 Å². The van der Waals surface area contributed by atoms with E-state index in [1.54, 1.807) is 6.21 Å². The Morgan fingerprint density at radius 2 is 2.28 bits per heavy atom. The molecule has 0 aromatic rings. The summed E-state index contributed by atoms with van der Waals surface area (Å²) in [6.45, 7) is 2.46. The van der Waals surface area contributed by atoms with E-state index in [0.29, 0.717) is 19.4 Å². The topological polar surface area (TPSA) is 105 Å². The molecule has 0 aromatic carbocycles. The molecule has 1 aliphatic heterocycles. The van der Waals surface area contributed by atoms with Crippen LogP contribution in [-0.4, -0.2) is 41.8 Å². The zero-order valence-corrected chi connectivity index (χ0v) is 10.6. The summed E-state index contributed by atoms with van der Waals surface area (Å²) >= 11 is 0. The van der Waals surface area contributed by atoms with Crippen molar-refractivity contribution in [2.24, 2.45) is 16.6 Å². The van der Waals surface area contributed by atoms with Gasteiger partial charge >= 0.3 is 5.97 Å². The summed E-state index contributed by atoms with van der Waals surface area (Å²) in [4.78, 5) is 27.0. The SMILES string of the molecule is C[C@@H]1CC=N[C@H]1C(=O)N[C@@H](CCCCN)C(=O)O. The predicted octanol–water partition coefficient (Wildman–Crippen LogP) is 0.164. The van der Waals surface area contributed by atoms with E-state index in [9.17, 15) is 9.59 Å². The quantitative estimate of drug-likeness (QED) is 0.564. The van der Waals surface area contributed by atoms with Crippen LogP contribution in [-0.2, 0) is 9.59 Å². The Morgan fingerprint density at radius 1 is 1.56 bits per heavy atom. The van der Waals surface area contributed by atoms with Gasteiger partial charge in [-0.1, -0.05) is 6.92 Å². The number of carboxylic acids is 1.